The summed E-state index contributed by atoms with van der Waals surface area (Å²) in [6.07, 6.45) is 0. The van der Waals surface area contributed by atoms with Gasteiger partial charge in [0.1, 0.15) is 17.5 Å². The van der Waals surface area contributed by atoms with Crippen LogP contribution in [0.3, 0.4) is 0 Å². The first-order valence-corrected chi connectivity index (χ1v) is 46.5. The van der Waals surface area contributed by atoms with Crippen LogP contribution in [0.5, 0.6) is 0 Å². The number of benzene rings is 23. The number of fused-ring (bicyclic) bond motifs is 9. The van der Waals surface area contributed by atoms with Crippen molar-refractivity contribution in [2.75, 3.05) is 0 Å². The van der Waals surface area contributed by atoms with Crippen LogP contribution >= 0.6 is 0 Å². The molecule has 3 aromatic heterocycles. The molecule has 6 heteroatoms. The van der Waals surface area contributed by atoms with E-state index in [9.17, 15) is 0 Å². The summed E-state index contributed by atoms with van der Waals surface area (Å²) >= 11 is 0. The van der Waals surface area contributed by atoms with Gasteiger partial charge < -0.3 is 0 Å². The lowest BCUT2D eigenvalue weighted by atomic mass is 9.85. The molecule has 0 atom stereocenters. The number of aromatic nitrogens is 6. The first kappa shape index (κ1) is 81.3. The first-order chi connectivity index (χ1) is 67.4. The minimum atomic E-state index is 0.931. The van der Waals surface area contributed by atoms with Gasteiger partial charge in [0.2, 0.25) is 0 Å². The molecular weight excluding hydrogens is 1650 g/mol. The van der Waals surface area contributed by atoms with E-state index in [1.807, 2.05) is 12.1 Å². The summed E-state index contributed by atoms with van der Waals surface area (Å²) in [6.45, 7) is 2.18. The van der Waals surface area contributed by atoms with Crippen molar-refractivity contribution in [3.63, 3.8) is 0 Å². The van der Waals surface area contributed by atoms with Crippen LogP contribution in [0.1, 0.15) is 5.56 Å². The summed E-state index contributed by atoms with van der Waals surface area (Å²) in [4.78, 5) is 15.3. The monoisotopic (exact) mass is 1730 g/mol. The number of hydrogen-bond acceptors (Lipinski definition) is 3. The Morgan fingerprint density at radius 2 is 0.346 bits per heavy atom. The highest BCUT2D eigenvalue weighted by atomic mass is 15.1. The second kappa shape index (κ2) is 35.4. The highest BCUT2D eigenvalue weighted by molar-refractivity contribution is 6.25. The smallest absolute Gasteiger partial charge is 0.145 e. The van der Waals surface area contributed by atoms with Crippen molar-refractivity contribution in [3.8, 4) is 140 Å². The van der Waals surface area contributed by atoms with Crippen molar-refractivity contribution < 1.29 is 0 Å². The van der Waals surface area contributed by atoms with E-state index in [0.717, 1.165) is 84.3 Å². The maximum Gasteiger partial charge on any atom is 0.145 e. The van der Waals surface area contributed by atoms with Gasteiger partial charge in [0.25, 0.3) is 0 Å². The normalized spacial score (nSPS) is 11.4. The standard InChI is InChI=1S/2C45H30N2.C40H28N2/c1-4-14-31(15-5-1)35-26-29-39-40(30-35)44(38-21-11-10-20-37(38)43(39)32-16-6-2-7-17-32)33-24-27-36(28-25-33)47-42-23-13-12-22-41(42)46-45(47)34-18-8-3-9-19-34;1-4-14-31(15-5-1)32-24-26-34(27-25-32)43-37-20-10-11-21-38(37)44(33-16-6-2-7-17-33)40-30-35(28-29-39(40)43)45-46-41-22-12-13-23-42(41)47(45)36-18-8-3-9-19-36;1-27-20-25-34-35(26-27)39(33-17-9-8-16-32(33)38(34)28-12-4-2-5-13-28)29-21-23-31(24-22-29)42-37-19-11-10-18-36(37)41-40(42)30-14-6-3-7-15-30/h2*1-30H;2-26H,1H3. The van der Waals surface area contributed by atoms with Gasteiger partial charge in [0.15, 0.2) is 0 Å². The van der Waals surface area contributed by atoms with Crippen molar-refractivity contribution in [2.24, 2.45) is 0 Å². The number of nitrogens with zero attached hydrogens (tertiary/aromatic N) is 6. The molecule has 638 valence electrons. The van der Waals surface area contributed by atoms with E-state index >= 15 is 0 Å². The largest absolute Gasteiger partial charge is 0.292 e. The van der Waals surface area contributed by atoms with E-state index in [4.69, 9.17) is 15.0 Å². The fourth-order valence-electron chi connectivity index (χ4n) is 20.5. The topological polar surface area (TPSA) is 53.5 Å². The van der Waals surface area contributed by atoms with E-state index in [1.165, 1.54) is 159 Å². The molecule has 0 fully saturated rings. The Labute approximate surface area is 789 Å². The van der Waals surface area contributed by atoms with Gasteiger partial charge in [0.05, 0.1) is 33.1 Å². The van der Waals surface area contributed by atoms with Gasteiger partial charge in [-0.1, -0.05) is 436 Å². The SMILES string of the molecule is Cc1ccc2c(-c3ccccc3)c3ccccc3c(-c3ccc(-n4c(-c5ccccc5)nc5ccccc54)cc3)c2c1.c1ccc(-c2ccc(-c3c4ccccc4c(-c4ccccc4)c4cc(-c5nc6ccccc6n5-c5ccccc5)ccc34)cc2)cc1.c1ccc(-c2ccc3c(-c4ccccc4)c4ccccc4c(-c4ccc(-n5c(-c6ccccc6)nc6ccccc65)cc4)c3c2)cc1. The predicted octanol–water partition coefficient (Wildman–Crippen LogP) is 34.6. The zero-order chi connectivity index (χ0) is 90.4. The van der Waals surface area contributed by atoms with Gasteiger partial charge in [-0.2, -0.15) is 0 Å². The van der Waals surface area contributed by atoms with Crippen LogP contribution in [0.2, 0.25) is 0 Å². The molecule has 0 aliphatic rings. The number of imidazole rings is 3. The molecule has 136 heavy (non-hydrogen) atoms. The van der Waals surface area contributed by atoms with Gasteiger partial charge in [-0.25, -0.2) is 15.0 Å². The minimum absolute atomic E-state index is 0.931. The quantitative estimate of drug-likeness (QED) is 0.102. The lowest BCUT2D eigenvalue weighted by Crippen LogP contribution is -1.98. The van der Waals surface area contributed by atoms with Crippen LogP contribution in [-0.2, 0) is 0 Å². The van der Waals surface area contributed by atoms with Crippen molar-refractivity contribution in [1.82, 2.24) is 28.7 Å². The van der Waals surface area contributed by atoms with Gasteiger partial charge in [0, 0.05) is 33.8 Å². The molecule has 0 bridgehead atoms. The molecule has 0 aliphatic carbocycles. The second-order valence-electron chi connectivity index (χ2n) is 34.8. The van der Waals surface area contributed by atoms with Crippen LogP contribution in [0, 0.1) is 6.92 Å². The van der Waals surface area contributed by atoms with Crippen LogP contribution in [0.15, 0.2) is 516 Å². The van der Waals surface area contributed by atoms with Crippen molar-refractivity contribution in [2.45, 2.75) is 6.92 Å². The molecule has 0 saturated heterocycles. The molecule has 0 N–H and O–H groups in total. The molecule has 23 aromatic carbocycles. The molecule has 26 rings (SSSR count). The Hall–Kier alpha value is -18.0. The molecule has 0 radical (unpaired) electrons. The van der Waals surface area contributed by atoms with Crippen LogP contribution in [0.25, 0.3) is 238 Å². The van der Waals surface area contributed by atoms with Crippen molar-refractivity contribution in [1.29, 1.82) is 0 Å². The van der Waals surface area contributed by atoms with Crippen molar-refractivity contribution in [3.05, 3.63) is 521 Å². The highest BCUT2D eigenvalue weighted by Gasteiger charge is 2.26. The van der Waals surface area contributed by atoms with E-state index in [-0.39, 0.29) is 0 Å². The molecular formula is C130H88N6. The van der Waals surface area contributed by atoms with Gasteiger partial charge in [-0.05, 0) is 246 Å². The number of para-hydroxylation sites is 7. The fraction of sp³-hybridized carbons (Fsp3) is 0.00769. The molecule has 6 nitrogen and oxygen atoms in total. The Morgan fingerprint density at radius 1 is 0.140 bits per heavy atom. The van der Waals surface area contributed by atoms with E-state index < -0.39 is 0 Å². The van der Waals surface area contributed by atoms with Crippen LogP contribution in [-0.4, -0.2) is 28.7 Å². The summed E-state index contributed by atoms with van der Waals surface area (Å²) < 4.78 is 6.83. The third kappa shape index (κ3) is 14.9. The summed E-state index contributed by atoms with van der Waals surface area (Å²) in [5.41, 5.74) is 33.7. The highest BCUT2D eigenvalue weighted by Crippen LogP contribution is 2.50. The number of aryl methyl sites for hydroxylation is 1. The maximum absolute atomic E-state index is 5.21. The van der Waals surface area contributed by atoms with Crippen LogP contribution in [0.4, 0.5) is 0 Å². The molecule has 0 aliphatic heterocycles. The Bertz CT molecular complexity index is 8950. The minimum Gasteiger partial charge on any atom is -0.292 e. The lowest BCUT2D eigenvalue weighted by Gasteiger charge is -2.19. The second-order valence-corrected chi connectivity index (χ2v) is 34.8. The number of rotatable bonds is 14. The summed E-state index contributed by atoms with van der Waals surface area (Å²) in [5, 5.41) is 15.0. The third-order valence-electron chi connectivity index (χ3n) is 26.6. The van der Waals surface area contributed by atoms with E-state index in [0.29, 0.717) is 0 Å². The Morgan fingerprint density at radius 3 is 0.699 bits per heavy atom. The average Bonchev–Trinajstić information content (AvgIpc) is 0.779. The van der Waals surface area contributed by atoms with Gasteiger partial charge in [-0.3, -0.25) is 13.7 Å². The van der Waals surface area contributed by atoms with Crippen molar-refractivity contribution >= 4 is 97.7 Å². The number of hydrogen-bond donors (Lipinski definition) is 0. The van der Waals surface area contributed by atoms with E-state index in [1.54, 1.807) is 0 Å². The first-order valence-electron chi connectivity index (χ1n) is 46.5. The molecule has 0 saturated carbocycles. The average molecular weight is 1730 g/mol. The third-order valence-corrected chi connectivity index (χ3v) is 26.6. The molecule has 0 unspecified atom stereocenters. The summed E-state index contributed by atoms with van der Waals surface area (Å²) in [5.74, 6) is 2.82. The van der Waals surface area contributed by atoms with Gasteiger partial charge >= 0.3 is 0 Å². The molecule has 26 aromatic rings. The Kier molecular flexibility index (Phi) is 21.1. The van der Waals surface area contributed by atoms with Gasteiger partial charge in [-0.15, -0.1) is 0 Å². The molecule has 0 amide bonds. The van der Waals surface area contributed by atoms with E-state index in [2.05, 4.69) is 524 Å². The zero-order valence-electron chi connectivity index (χ0n) is 74.8. The zero-order valence-corrected chi connectivity index (χ0v) is 74.8. The predicted molar refractivity (Wildman–Crippen MR) is 573 cm³/mol. The summed E-state index contributed by atoms with van der Waals surface area (Å²) in [6, 6.07) is 184. The molecule has 3 heterocycles. The maximum atomic E-state index is 5.21. The molecule has 0 spiro atoms. The fourth-order valence-corrected chi connectivity index (χ4v) is 20.5. The Balaban J connectivity index is 0.000000112. The summed E-state index contributed by atoms with van der Waals surface area (Å²) in [7, 11) is 0. The lowest BCUT2D eigenvalue weighted by molar-refractivity contribution is 1.10. The van der Waals surface area contributed by atoms with Crippen LogP contribution < -0.4 is 0 Å².